The smallest absolute Gasteiger partial charge is 0.330 e. The molecule has 2 saturated heterocycles. The summed E-state index contributed by atoms with van der Waals surface area (Å²) in [5.41, 5.74) is 14.1. The first-order chi connectivity index (χ1) is 47.1. The maximum Gasteiger partial charge on any atom is 0.330 e. The third-order valence-corrected chi connectivity index (χ3v) is 18.1. The monoisotopic (exact) mass is 1430 g/mol. The van der Waals surface area contributed by atoms with Crippen molar-refractivity contribution in [2.75, 3.05) is 6.61 Å². The molecule has 18 atom stereocenters. The summed E-state index contributed by atoms with van der Waals surface area (Å²) in [6.45, 7) is 5.53. The topological polar surface area (TPSA) is 544 Å². The van der Waals surface area contributed by atoms with Crippen LogP contribution < -0.4 is 63.3 Å². The van der Waals surface area contributed by atoms with Crippen LogP contribution in [0.2, 0.25) is 10.0 Å². The Morgan fingerprint density at radius 1 is 0.710 bits per heavy atom. The number of primary amides is 1. The summed E-state index contributed by atoms with van der Waals surface area (Å²) in [4.78, 5) is 116. The Bertz CT molecular complexity index is 4060. The second-order valence-corrected chi connectivity index (χ2v) is 26.3. The van der Waals surface area contributed by atoms with E-state index < -0.39 is 237 Å². The third-order valence-electron chi connectivity index (χ3n) is 17.5. The van der Waals surface area contributed by atoms with Crippen LogP contribution in [0.25, 0.3) is 11.1 Å². The van der Waals surface area contributed by atoms with Gasteiger partial charge in [0.25, 0.3) is 0 Å². The van der Waals surface area contributed by atoms with Gasteiger partial charge in [-0.3, -0.25) is 33.6 Å². The Morgan fingerprint density at radius 2 is 1.31 bits per heavy atom. The number of nitrogens with one attached hydrogen (secondary N) is 6. The van der Waals surface area contributed by atoms with Gasteiger partial charge in [0, 0.05) is 34.7 Å². The van der Waals surface area contributed by atoms with Crippen molar-refractivity contribution in [1.82, 2.24) is 31.9 Å². The molecule has 7 amide bonds. The second kappa shape index (κ2) is 29.6. The number of nitrogens with two attached hydrogens (primary N) is 3. The number of hydrogen-bond donors (Lipinski definition) is 19. The first-order valence-electron chi connectivity index (χ1n) is 31.2. The normalized spacial score (nSPS) is 29.6. The molecule has 0 aliphatic carbocycles. The number of carboxylic acid groups (broad SMARTS) is 1. The molecular weight excluding hydrogens is 1360 g/mol. The molecule has 11 bridgehead atoms. The lowest BCUT2D eigenvalue weighted by Gasteiger charge is -2.47. The number of aliphatic hydroxyl groups excluding tert-OH is 6. The third kappa shape index (κ3) is 15.4. The van der Waals surface area contributed by atoms with Gasteiger partial charge in [-0.15, -0.1) is 0 Å². The van der Waals surface area contributed by atoms with Crippen molar-refractivity contribution in [3.63, 3.8) is 0 Å². The van der Waals surface area contributed by atoms with Crippen molar-refractivity contribution in [3.8, 4) is 57.1 Å². The number of phenols is 3. The maximum atomic E-state index is 16.0. The molecule has 100 heavy (non-hydrogen) atoms. The van der Waals surface area contributed by atoms with Gasteiger partial charge < -0.3 is 129 Å². The van der Waals surface area contributed by atoms with E-state index in [1.54, 1.807) is 13.8 Å². The lowest BCUT2D eigenvalue weighted by atomic mass is 9.86. The predicted octanol–water partition coefficient (Wildman–Crippen LogP) is -0.154. The number of carboxylic acids is 1. The molecule has 7 aliphatic heterocycles. The SMILES string of the molecule is CC(C)C[C@H](N)C(=O)N[C@H]1C(=O)N[C@@H](CC(N)=O)C(=O)N[C@H]2C(=O)N[C@H]3C(=O)NC(C(=O)N[C@H](C(=O)O)c4cc(O)cc(O)c4-c4cc3ccc4O)[C@H](O)c3ccc(c(Cl)c3)Oc3cc2cc(c3OC2O[C@H](CO)[C@@H](O)[C@H](O)C2O[C@H]2C[C@](C)(N)[C@H](O)[C@H](C)O2)Oc2ccc(cc2Cl)[C@H]1O. The van der Waals surface area contributed by atoms with Gasteiger partial charge in [0.2, 0.25) is 53.4 Å². The average molecular weight is 1440 g/mol. The molecule has 35 heteroatoms. The van der Waals surface area contributed by atoms with Crippen LogP contribution in [0.5, 0.6) is 46.0 Å². The second-order valence-electron chi connectivity index (χ2n) is 25.5. The number of carbonyl (C=O) groups excluding carboxylic acids is 7. The van der Waals surface area contributed by atoms with E-state index in [1.165, 1.54) is 26.0 Å². The molecule has 0 saturated carbocycles. The molecule has 0 radical (unpaired) electrons. The highest BCUT2D eigenvalue weighted by atomic mass is 35.5. The van der Waals surface area contributed by atoms with Crippen molar-refractivity contribution < 1.29 is 118 Å². The highest BCUT2D eigenvalue weighted by Crippen LogP contribution is 2.50. The Balaban J connectivity index is 1.24. The number of ether oxygens (including phenoxy) is 6. The highest BCUT2D eigenvalue weighted by Gasteiger charge is 2.51. The van der Waals surface area contributed by atoms with E-state index >= 15 is 14.4 Å². The first-order valence-corrected chi connectivity index (χ1v) is 31.9. The number of fused-ring (bicyclic) bond motifs is 15. The van der Waals surface area contributed by atoms with E-state index in [9.17, 15) is 75.0 Å². The van der Waals surface area contributed by atoms with E-state index in [1.807, 2.05) is 0 Å². The van der Waals surface area contributed by atoms with Gasteiger partial charge in [-0.25, -0.2) is 4.79 Å². The fourth-order valence-corrected chi connectivity index (χ4v) is 12.7. The summed E-state index contributed by atoms with van der Waals surface area (Å²) in [6, 6.07) is -1.18. The van der Waals surface area contributed by atoms with E-state index in [4.69, 9.17) is 68.8 Å². The van der Waals surface area contributed by atoms with Gasteiger partial charge in [-0.1, -0.05) is 55.2 Å². The predicted molar refractivity (Wildman–Crippen MR) is 344 cm³/mol. The number of benzene rings is 5. The Morgan fingerprint density at radius 3 is 1.90 bits per heavy atom. The first kappa shape index (κ1) is 73.5. The molecule has 12 rings (SSSR count). The quantitative estimate of drug-likeness (QED) is 0.0772. The van der Waals surface area contributed by atoms with E-state index in [0.29, 0.717) is 0 Å². The van der Waals surface area contributed by atoms with Crippen LogP contribution in [0.15, 0.2) is 78.9 Å². The van der Waals surface area contributed by atoms with Gasteiger partial charge in [0.1, 0.15) is 89.5 Å². The standard InChI is InChI=1S/C65H73Cl2N9O24/c1-22(2)11-33(68)57(87)75-48-50(82)25-6-9-37(31(66)13-25)96-39-15-27-16-40(54(39)100-64-55(53(85)52(84)41(21-77)98-64)99-43-20-65(4,70)56(86)23(3)95-43)97-38-10-7-26(14-32(38)67)51(83)49-62(92)74-47(63(93)94)30-17-28(78)18-36(80)44(30)29-12-24(5-8-35(29)79)45(59(89)76-49)73-60(90)46(27)72-58(88)34(19-42(69)81)71-61(48)91/h5-10,12-18,22-23,33-34,41,43,45-53,55-56,64,77-80,82-86H,11,19-21,68,70H2,1-4H3,(H2,69,81)(H,71,91)(H,72,88)(H,73,90)(H,74,92)(H,75,87)(H,76,89)(H,93,94)/t23-,33-,34-,41+,43-,45+,46+,47-,48+,49?,50+,51+,52+,53-,55?,56+,64?,65-/m0/s1. The van der Waals surface area contributed by atoms with E-state index in [2.05, 4.69) is 31.9 Å². The Labute approximate surface area is 577 Å². The summed E-state index contributed by atoms with van der Waals surface area (Å²) in [5.74, 6) is -16.3. The van der Waals surface area contributed by atoms with Crippen molar-refractivity contribution >= 4 is 70.5 Å². The molecule has 5 aromatic carbocycles. The molecule has 7 heterocycles. The molecule has 0 spiro atoms. The Kier molecular flexibility index (Phi) is 21.7. The van der Waals surface area contributed by atoms with Gasteiger partial charge in [0.15, 0.2) is 29.9 Å². The number of amides is 7. The molecule has 22 N–H and O–H groups in total. The van der Waals surface area contributed by atoms with Crippen LogP contribution in [-0.2, 0) is 52.6 Å². The number of rotatable bonds is 12. The zero-order valence-electron chi connectivity index (χ0n) is 53.4. The lowest BCUT2D eigenvalue weighted by Crippen LogP contribution is -2.64. The fourth-order valence-electron chi connectivity index (χ4n) is 12.3. The summed E-state index contributed by atoms with van der Waals surface area (Å²) in [6.07, 6.45) is -18.8. The average Bonchev–Trinajstić information content (AvgIpc) is 0.768. The van der Waals surface area contributed by atoms with Crippen LogP contribution in [0.3, 0.4) is 0 Å². The zero-order chi connectivity index (χ0) is 72.8. The van der Waals surface area contributed by atoms with Gasteiger partial charge >= 0.3 is 5.97 Å². The molecule has 7 aliphatic rings. The summed E-state index contributed by atoms with van der Waals surface area (Å²) >= 11 is 14.1. The number of aromatic hydroxyl groups is 3. The molecule has 536 valence electrons. The van der Waals surface area contributed by atoms with Crippen molar-refractivity contribution in [3.05, 3.63) is 117 Å². The number of hydrogen-bond acceptors (Lipinski definition) is 25. The van der Waals surface area contributed by atoms with E-state index in [0.717, 1.165) is 66.7 Å². The van der Waals surface area contributed by atoms with Gasteiger partial charge in [-0.05, 0) is 103 Å². The minimum Gasteiger partial charge on any atom is -0.508 e. The summed E-state index contributed by atoms with van der Waals surface area (Å²) < 4.78 is 38.2. The number of halogens is 2. The van der Waals surface area contributed by atoms with Crippen LogP contribution in [0, 0.1) is 5.92 Å². The minimum atomic E-state index is -2.35. The molecule has 2 fully saturated rings. The summed E-state index contributed by atoms with van der Waals surface area (Å²) in [5, 5.41) is 127. The maximum absolute atomic E-state index is 16.0. The lowest BCUT2D eigenvalue weighted by molar-refractivity contribution is -0.333. The molecule has 33 nitrogen and oxygen atoms in total. The van der Waals surface area contributed by atoms with Crippen LogP contribution >= 0.6 is 23.2 Å². The molecular formula is C65H73Cl2N9O24. The zero-order valence-corrected chi connectivity index (χ0v) is 54.9. The fraction of sp³-hybridized carbons (Fsp3) is 0.415. The van der Waals surface area contributed by atoms with E-state index in [-0.39, 0.29) is 46.2 Å². The number of phenolic OH excluding ortho intramolecular Hbond substituents is 3. The molecule has 0 aromatic heterocycles. The number of aliphatic carboxylic acids is 1. The molecule has 5 aromatic rings. The van der Waals surface area contributed by atoms with Crippen molar-refractivity contribution in [2.45, 2.75) is 156 Å². The van der Waals surface area contributed by atoms with Gasteiger partial charge in [0.05, 0.1) is 41.3 Å². The molecule has 3 unspecified atom stereocenters. The number of aliphatic hydroxyl groups is 6. The highest BCUT2D eigenvalue weighted by molar-refractivity contribution is 6.32. The van der Waals surface area contributed by atoms with Crippen LogP contribution in [0.4, 0.5) is 0 Å². The largest absolute Gasteiger partial charge is 0.508 e. The Hall–Kier alpha value is -9.20. The van der Waals surface area contributed by atoms with Gasteiger partial charge in [-0.2, -0.15) is 0 Å². The van der Waals surface area contributed by atoms with Crippen molar-refractivity contribution in [2.24, 2.45) is 23.1 Å². The number of carbonyl (C=O) groups is 8. The van der Waals surface area contributed by atoms with Crippen LogP contribution in [-0.4, -0.2) is 184 Å². The van der Waals surface area contributed by atoms with Crippen LogP contribution in [0.1, 0.15) is 105 Å². The minimum absolute atomic E-state index is 0.0742. The van der Waals surface area contributed by atoms with Crippen molar-refractivity contribution in [1.29, 1.82) is 0 Å². The summed E-state index contributed by atoms with van der Waals surface area (Å²) in [7, 11) is 0.